The Hall–Kier alpha value is -0.220. The summed E-state index contributed by atoms with van der Waals surface area (Å²) < 4.78 is 0. The van der Waals surface area contributed by atoms with E-state index in [0.29, 0.717) is 0 Å². The quantitative estimate of drug-likeness (QED) is 0.453. The Labute approximate surface area is 59.5 Å². The third-order valence-corrected chi connectivity index (χ3v) is 1.54. The molecule has 0 aliphatic heterocycles. The number of carbonyl (C=O) groups is 1. The molecule has 0 aliphatic carbocycles. The Morgan fingerprint density at radius 1 is 1.40 bits per heavy atom. The molecule has 0 aromatic heterocycles. The van der Waals surface area contributed by atoms with E-state index in [4.69, 9.17) is 14.7 Å². The van der Waals surface area contributed by atoms with Crippen LogP contribution in [0.4, 0.5) is 0 Å². The highest BCUT2D eigenvalue weighted by atomic mass is 31.2. The third-order valence-electron chi connectivity index (χ3n) is 0.846. The van der Waals surface area contributed by atoms with E-state index in [1.807, 2.05) is 0 Å². The minimum atomic E-state index is -3.92. The van der Waals surface area contributed by atoms with Crippen LogP contribution < -0.4 is 0 Å². The summed E-state index contributed by atoms with van der Waals surface area (Å²) in [5.74, 6) is -0.499. The Kier molecular flexibility index (Phi) is 3.18. The molecule has 60 valence electrons. The van der Waals surface area contributed by atoms with Gasteiger partial charge in [0.2, 0.25) is 6.16 Å². The van der Waals surface area contributed by atoms with Crippen molar-refractivity contribution in [2.24, 2.45) is 0 Å². The lowest BCUT2D eigenvalue weighted by Gasteiger charge is -2.09. The maximum absolute atomic E-state index is 10.6. The van der Waals surface area contributed by atoms with E-state index in [1.54, 1.807) is 0 Å². The number of hydrogen-bond acceptors (Lipinski definition) is 4. The van der Waals surface area contributed by atoms with Crippen LogP contribution >= 0.6 is 7.94 Å². The molecule has 0 aliphatic rings. The van der Waals surface area contributed by atoms with Gasteiger partial charge < -0.3 is 4.90 Å². The SMILES string of the molecule is CN(C)C(=O)C[P+](O)(O)O. The minimum absolute atomic E-state index is 0.499. The van der Waals surface area contributed by atoms with Crippen molar-refractivity contribution in [1.29, 1.82) is 0 Å². The van der Waals surface area contributed by atoms with Crippen molar-refractivity contribution in [2.75, 3.05) is 20.3 Å². The van der Waals surface area contributed by atoms with Crippen molar-refractivity contribution < 1.29 is 19.5 Å². The number of carbonyl (C=O) groups excluding carboxylic acids is 1. The maximum Gasteiger partial charge on any atom is 0.413 e. The molecular weight excluding hydrogens is 157 g/mol. The van der Waals surface area contributed by atoms with Crippen molar-refractivity contribution in [1.82, 2.24) is 4.90 Å². The molecule has 0 spiro atoms. The van der Waals surface area contributed by atoms with Gasteiger partial charge in [0, 0.05) is 14.1 Å². The molecule has 0 atom stereocenters. The van der Waals surface area contributed by atoms with Gasteiger partial charge in [-0.15, -0.1) is 0 Å². The van der Waals surface area contributed by atoms with E-state index < -0.39 is 20.0 Å². The Morgan fingerprint density at radius 3 is 1.90 bits per heavy atom. The molecule has 0 aromatic carbocycles. The summed E-state index contributed by atoms with van der Waals surface area (Å²) in [7, 11) is -0.976. The van der Waals surface area contributed by atoms with Crippen LogP contribution in [0.25, 0.3) is 0 Å². The molecule has 0 saturated heterocycles. The van der Waals surface area contributed by atoms with E-state index >= 15 is 0 Å². The van der Waals surface area contributed by atoms with Crippen LogP contribution in [0, 0.1) is 0 Å². The fourth-order valence-corrected chi connectivity index (χ4v) is 0.969. The van der Waals surface area contributed by atoms with Crippen LogP contribution in [0.5, 0.6) is 0 Å². The van der Waals surface area contributed by atoms with Crippen molar-refractivity contribution in [3.8, 4) is 0 Å². The Bertz CT molecular complexity index is 130. The molecule has 0 saturated carbocycles. The van der Waals surface area contributed by atoms with Crippen molar-refractivity contribution in [3.05, 3.63) is 0 Å². The third kappa shape index (κ3) is 4.64. The van der Waals surface area contributed by atoms with Crippen LogP contribution in [0.1, 0.15) is 0 Å². The molecule has 0 aromatic rings. The van der Waals surface area contributed by atoms with Gasteiger partial charge >= 0.3 is 7.94 Å². The fourth-order valence-electron chi connectivity index (χ4n) is 0.323. The van der Waals surface area contributed by atoms with Gasteiger partial charge in [-0.3, -0.25) is 4.79 Å². The molecule has 5 nitrogen and oxygen atoms in total. The van der Waals surface area contributed by atoms with Gasteiger partial charge in [0.1, 0.15) is 0 Å². The second-order valence-electron chi connectivity index (χ2n) is 2.14. The van der Waals surface area contributed by atoms with Crippen LogP contribution in [0.2, 0.25) is 0 Å². The summed E-state index contributed by atoms with van der Waals surface area (Å²) in [5, 5.41) is 0. The molecule has 0 fully saturated rings. The van der Waals surface area contributed by atoms with Gasteiger partial charge in [-0.2, -0.15) is 14.7 Å². The molecule has 10 heavy (non-hydrogen) atoms. The van der Waals surface area contributed by atoms with E-state index in [-0.39, 0.29) is 0 Å². The van der Waals surface area contributed by atoms with E-state index in [9.17, 15) is 4.79 Å². The van der Waals surface area contributed by atoms with Gasteiger partial charge in [0.15, 0.2) is 0 Å². The van der Waals surface area contributed by atoms with Crippen molar-refractivity contribution >= 4 is 13.9 Å². The summed E-state index contributed by atoms with van der Waals surface area (Å²) in [6.07, 6.45) is -0.597. The number of amides is 1. The summed E-state index contributed by atoms with van der Waals surface area (Å²) in [6, 6.07) is 0. The van der Waals surface area contributed by atoms with E-state index in [2.05, 4.69) is 0 Å². The molecule has 0 bridgehead atoms. The normalized spacial score (nSPS) is 11.3. The summed E-state index contributed by atoms with van der Waals surface area (Å²) in [6.45, 7) is 0. The zero-order valence-electron chi connectivity index (χ0n) is 5.85. The van der Waals surface area contributed by atoms with Crippen molar-refractivity contribution in [3.63, 3.8) is 0 Å². The largest absolute Gasteiger partial charge is 0.413 e. The predicted molar refractivity (Wildman–Crippen MR) is 37.1 cm³/mol. The highest BCUT2D eigenvalue weighted by Gasteiger charge is 2.34. The average Bonchev–Trinajstić information content (AvgIpc) is 1.60. The number of nitrogens with zero attached hydrogens (tertiary/aromatic N) is 1. The highest BCUT2D eigenvalue weighted by molar-refractivity contribution is 7.59. The smallest absolute Gasteiger partial charge is 0.345 e. The summed E-state index contributed by atoms with van der Waals surface area (Å²) in [5.41, 5.74) is 0. The molecule has 0 unspecified atom stereocenters. The zero-order chi connectivity index (χ0) is 8.36. The lowest BCUT2D eigenvalue weighted by Crippen LogP contribution is -2.26. The van der Waals surface area contributed by atoms with Gasteiger partial charge in [0.05, 0.1) is 0 Å². The van der Waals surface area contributed by atoms with Crippen molar-refractivity contribution in [2.45, 2.75) is 0 Å². The maximum atomic E-state index is 10.6. The topological polar surface area (TPSA) is 81.0 Å². The Balaban J connectivity index is 3.81. The lowest BCUT2D eigenvalue weighted by molar-refractivity contribution is -0.126. The van der Waals surface area contributed by atoms with Gasteiger partial charge in [-0.25, -0.2) is 0 Å². The standard InChI is InChI=1S/C4H11NO4P/c1-5(2)4(6)3-10(7,8)9/h7-9H,3H2,1-2H3/q+1. The van der Waals surface area contributed by atoms with E-state index in [1.165, 1.54) is 19.0 Å². The monoisotopic (exact) mass is 168 g/mol. The first-order valence-electron chi connectivity index (χ1n) is 2.59. The zero-order valence-corrected chi connectivity index (χ0v) is 6.75. The number of rotatable bonds is 2. The molecule has 6 heteroatoms. The van der Waals surface area contributed by atoms with Crippen LogP contribution in [-0.2, 0) is 4.79 Å². The molecule has 3 N–H and O–H groups in total. The molecule has 1 amide bonds. The Morgan fingerprint density at radius 2 is 1.80 bits per heavy atom. The van der Waals surface area contributed by atoms with Gasteiger partial charge in [-0.1, -0.05) is 0 Å². The van der Waals surface area contributed by atoms with Gasteiger partial charge in [0.25, 0.3) is 5.91 Å². The minimum Gasteiger partial charge on any atom is -0.345 e. The van der Waals surface area contributed by atoms with Crippen LogP contribution in [-0.4, -0.2) is 45.7 Å². The second kappa shape index (κ2) is 3.25. The van der Waals surface area contributed by atoms with Gasteiger partial charge in [-0.05, 0) is 0 Å². The highest BCUT2D eigenvalue weighted by Crippen LogP contribution is 2.43. The average molecular weight is 168 g/mol. The number of hydrogen-bond donors (Lipinski definition) is 3. The van der Waals surface area contributed by atoms with Crippen LogP contribution in [0.15, 0.2) is 0 Å². The first-order chi connectivity index (χ1) is 4.33. The second-order valence-corrected chi connectivity index (χ2v) is 3.84. The molecule has 0 rings (SSSR count). The van der Waals surface area contributed by atoms with Crippen LogP contribution in [0.3, 0.4) is 0 Å². The molecular formula is C4H11NO4P+. The predicted octanol–water partition coefficient (Wildman–Crippen LogP) is -1.19. The first-order valence-corrected chi connectivity index (χ1v) is 4.42. The van der Waals surface area contributed by atoms with E-state index in [0.717, 1.165) is 0 Å². The fraction of sp³-hybridized carbons (Fsp3) is 0.750. The molecule has 0 radical (unpaired) electrons. The molecule has 0 heterocycles. The summed E-state index contributed by atoms with van der Waals surface area (Å²) >= 11 is 0. The summed E-state index contributed by atoms with van der Waals surface area (Å²) in [4.78, 5) is 37.0. The lowest BCUT2D eigenvalue weighted by atomic mass is 10.6. The first kappa shape index (κ1) is 9.78.